The molecule has 0 fully saturated rings. The second-order valence-electron chi connectivity index (χ2n) is 3.92. The Morgan fingerprint density at radius 1 is 0.947 bits per heavy atom. The topological polar surface area (TPSA) is 17.1 Å². The van der Waals surface area contributed by atoms with Crippen molar-refractivity contribution in [3.8, 4) is 11.1 Å². The fourth-order valence-corrected chi connectivity index (χ4v) is 1.71. The highest BCUT2D eigenvalue weighted by Gasteiger charge is 2.31. The Kier molecular flexibility index (Phi) is 3.38. The van der Waals surface area contributed by atoms with E-state index in [0.29, 0.717) is 11.8 Å². The number of aldehydes is 1. The lowest BCUT2D eigenvalue weighted by Gasteiger charge is -2.11. The lowest BCUT2D eigenvalue weighted by Crippen LogP contribution is -2.05. The SMILES string of the molecule is O=Cc1ccc(C(F)(F)F)cc1-c1ccc(F)cc1. The van der Waals surface area contributed by atoms with Crippen LogP contribution >= 0.6 is 0 Å². The molecule has 5 heteroatoms. The van der Waals surface area contributed by atoms with Gasteiger partial charge in [-0.1, -0.05) is 18.2 Å². The van der Waals surface area contributed by atoms with Gasteiger partial charge in [-0.15, -0.1) is 0 Å². The largest absolute Gasteiger partial charge is 0.416 e. The lowest BCUT2D eigenvalue weighted by atomic mass is 9.97. The second kappa shape index (κ2) is 4.84. The monoisotopic (exact) mass is 268 g/mol. The van der Waals surface area contributed by atoms with Crippen molar-refractivity contribution < 1.29 is 22.4 Å². The number of hydrogen-bond donors (Lipinski definition) is 0. The molecule has 0 bridgehead atoms. The fraction of sp³-hybridized carbons (Fsp3) is 0.0714. The van der Waals surface area contributed by atoms with E-state index in [9.17, 15) is 22.4 Å². The van der Waals surface area contributed by atoms with E-state index in [2.05, 4.69) is 0 Å². The van der Waals surface area contributed by atoms with Crippen molar-refractivity contribution in [3.05, 3.63) is 59.4 Å². The zero-order valence-corrected chi connectivity index (χ0v) is 9.54. The fourth-order valence-electron chi connectivity index (χ4n) is 1.71. The van der Waals surface area contributed by atoms with Gasteiger partial charge >= 0.3 is 6.18 Å². The van der Waals surface area contributed by atoms with Crippen molar-refractivity contribution in [2.45, 2.75) is 6.18 Å². The van der Waals surface area contributed by atoms with Gasteiger partial charge in [0.2, 0.25) is 0 Å². The molecule has 0 saturated heterocycles. The predicted octanol–water partition coefficient (Wildman–Crippen LogP) is 4.32. The molecule has 0 radical (unpaired) electrons. The van der Waals surface area contributed by atoms with Crippen LogP contribution in [0.5, 0.6) is 0 Å². The summed E-state index contributed by atoms with van der Waals surface area (Å²) in [6.45, 7) is 0. The van der Waals surface area contributed by atoms with E-state index < -0.39 is 17.6 Å². The molecule has 1 nitrogen and oxygen atoms in total. The number of halogens is 4. The highest BCUT2D eigenvalue weighted by molar-refractivity contribution is 5.87. The van der Waals surface area contributed by atoms with Gasteiger partial charge in [-0.3, -0.25) is 4.79 Å². The zero-order chi connectivity index (χ0) is 14.0. The molecular weight excluding hydrogens is 260 g/mol. The van der Waals surface area contributed by atoms with E-state index in [0.717, 1.165) is 30.3 Å². The summed E-state index contributed by atoms with van der Waals surface area (Å²) in [5.41, 5.74) is -0.239. The number of carbonyl (C=O) groups excluding carboxylic acids is 1. The summed E-state index contributed by atoms with van der Waals surface area (Å²) in [4.78, 5) is 10.9. The third-order valence-electron chi connectivity index (χ3n) is 2.66. The summed E-state index contributed by atoms with van der Waals surface area (Å²) >= 11 is 0. The minimum atomic E-state index is -4.49. The van der Waals surface area contributed by atoms with E-state index >= 15 is 0 Å². The van der Waals surface area contributed by atoms with Crippen LogP contribution in [0.15, 0.2) is 42.5 Å². The molecule has 0 heterocycles. The number of carbonyl (C=O) groups is 1. The second-order valence-corrected chi connectivity index (χ2v) is 3.92. The van der Waals surface area contributed by atoms with E-state index in [1.54, 1.807) is 0 Å². The van der Waals surface area contributed by atoms with Gasteiger partial charge in [-0.2, -0.15) is 13.2 Å². The van der Waals surface area contributed by atoms with Crippen LogP contribution in [0.3, 0.4) is 0 Å². The Labute approximate surface area is 106 Å². The molecular formula is C14H8F4O. The highest BCUT2D eigenvalue weighted by atomic mass is 19.4. The van der Waals surface area contributed by atoms with Crippen molar-refractivity contribution in [2.75, 3.05) is 0 Å². The van der Waals surface area contributed by atoms with Crippen molar-refractivity contribution in [2.24, 2.45) is 0 Å². The molecule has 19 heavy (non-hydrogen) atoms. The molecule has 0 N–H and O–H groups in total. The Morgan fingerprint density at radius 3 is 2.11 bits per heavy atom. The Bertz CT molecular complexity index is 600. The van der Waals surface area contributed by atoms with Crippen LogP contribution in [0.4, 0.5) is 17.6 Å². The normalized spacial score (nSPS) is 11.4. The van der Waals surface area contributed by atoms with E-state index in [-0.39, 0.29) is 11.1 Å². The third-order valence-corrected chi connectivity index (χ3v) is 2.66. The van der Waals surface area contributed by atoms with E-state index in [4.69, 9.17) is 0 Å². The van der Waals surface area contributed by atoms with Gasteiger partial charge < -0.3 is 0 Å². The first-order valence-electron chi connectivity index (χ1n) is 5.34. The predicted molar refractivity (Wildman–Crippen MR) is 62.2 cm³/mol. The zero-order valence-electron chi connectivity index (χ0n) is 9.54. The molecule has 0 aliphatic carbocycles. The molecule has 2 aromatic rings. The van der Waals surface area contributed by atoms with Crippen molar-refractivity contribution >= 4 is 6.29 Å². The molecule has 98 valence electrons. The molecule has 0 aliphatic rings. The van der Waals surface area contributed by atoms with Crippen molar-refractivity contribution in [3.63, 3.8) is 0 Å². The van der Waals surface area contributed by atoms with Crippen LogP contribution in [0.25, 0.3) is 11.1 Å². The summed E-state index contributed by atoms with van der Waals surface area (Å²) in [6, 6.07) is 7.76. The van der Waals surface area contributed by atoms with E-state index in [1.807, 2.05) is 0 Å². The van der Waals surface area contributed by atoms with Crippen LogP contribution < -0.4 is 0 Å². The highest BCUT2D eigenvalue weighted by Crippen LogP contribution is 2.33. The summed E-state index contributed by atoms with van der Waals surface area (Å²) in [6.07, 6.45) is -4.02. The maximum atomic E-state index is 12.8. The summed E-state index contributed by atoms with van der Waals surface area (Å²) in [5.74, 6) is -0.497. The minimum absolute atomic E-state index is 0.125. The summed E-state index contributed by atoms with van der Waals surface area (Å²) in [5, 5.41) is 0. The molecule has 0 amide bonds. The Morgan fingerprint density at radius 2 is 1.58 bits per heavy atom. The summed E-state index contributed by atoms with van der Waals surface area (Å²) in [7, 11) is 0. The molecule has 0 atom stereocenters. The molecule has 0 saturated carbocycles. The first kappa shape index (κ1) is 13.3. The molecule has 0 aliphatic heterocycles. The number of alkyl halides is 3. The standard InChI is InChI=1S/C14H8F4O/c15-12-5-2-9(3-6-12)13-7-11(14(16,17)18)4-1-10(13)8-19/h1-8H. The van der Waals surface area contributed by atoms with E-state index in [1.165, 1.54) is 12.1 Å². The lowest BCUT2D eigenvalue weighted by molar-refractivity contribution is -0.137. The van der Waals surface area contributed by atoms with Crippen LogP contribution in [-0.2, 0) is 6.18 Å². The molecule has 2 rings (SSSR count). The van der Waals surface area contributed by atoms with Crippen molar-refractivity contribution in [1.82, 2.24) is 0 Å². The van der Waals surface area contributed by atoms with Gasteiger partial charge in [0.25, 0.3) is 0 Å². The average Bonchev–Trinajstić information content (AvgIpc) is 2.38. The first-order valence-corrected chi connectivity index (χ1v) is 5.34. The van der Waals surface area contributed by atoms with Crippen molar-refractivity contribution in [1.29, 1.82) is 0 Å². The first-order chi connectivity index (χ1) is 8.91. The summed E-state index contributed by atoms with van der Waals surface area (Å²) < 4.78 is 50.7. The van der Waals surface area contributed by atoms with Crippen LogP contribution in [-0.4, -0.2) is 6.29 Å². The van der Waals surface area contributed by atoms with Crippen LogP contribution in [0.1, 0.15) is 15.9 Å². The third kappa shape index (κ3) is 2.81. The van der Waals surface area contributed by atoms with Gasteiger partial charge in [-0.05, 0) is 35.4 Å². The van der Waals surface area contributed by atoms with Gasteiger partial charge in [0.15, 0.2) is 6.29 Å². The molecule has 0 unspecified atom stereocenters. The van der Waals surface area contributed by atoms with Gasteiger partial charge in [0.1, 0.15) is 5.82 Å². The van der Waals surface area contributed by atoms with Gasteiger partial charge in [-0.25, -0.2) is 4.39 Å². The molecule has 0 spiro atoms. The Hall–Kier alpha value is -2.17. The average molecular weight is 268 g/mol. The number of rotatable bonds is 2. The Balaban J connectivity index is 2.59. The van der Waals surface area contributed by atoms with Crippen LogP contribution in [0.2, 0.25) is 0 Å². The van der Waals surface area contributed by atoms with Crippen LogP contribution in [0, 0.1) is 5.82 Å². The van der Waals surface area contributed by atoms with Gasteiger partial charge in [0.05, 0.1) is 5.56 Å². The molecule has 2 aromatic carbocycles. The maximum absolute atomic E-state index is 12.8. The maximum Gasteiger partial charge on any atom is 0.416 e. The molecule has 0 aromatic heterocycles. The minimum Gasteiger partial charge on any atom is -0.298 e. The number of hydrogen-bond acceptors (Lipinski definition) is 1. The smallest absolute Gasteiger partial charge is 0.298 e. The quantitative estimate of drug-likeness (QED) is 0.585. The number of benzene rings is 2. The van der Waals surface area contributed by atoms with Gasteiger partial charge in [0, 0.05) is 5.56 Å².